The van der Waals surface area contributed by atoms with Crippen LogP contribution in [0.4, 0.5) is 0 Å². The average molecular weight is 274 g/mol. The van der Waals surface area contributed by atoms with Crippen LogP contribution in [0.3, 0.4) is 0 Å². The second-order valence-electron chi connectivity index (χ2n) is 6.02. The van der Waals surface area contributed by atoms with E-state index in [1.807, 2.05) is 0 Å². The number of fused-ring (bicyclic) bond motifs is 3. The lowest BCUT2D eigenvalue weighted by Gasteiger charge is -2.05. The molecule has 0 fully saturated rings. The highest BCUT2D eigenvalue weighted by Gasteiger charge is 2.15. The van der Waals surface area contributed by atoms with Crippen LogP contribution < -0.4 is 0 Å². The van der Waals surface area contributed by atoms with E-state index in [0.717, 1.165) is 6.42 Å². The first-order chi connectivity index (χ1) is 10.2. The van der Waals surface area contributed by atoms with Crippen LogP contribution in [0.2, 0.25) is 0 Å². The van der Waals surface area contributed by atoms with E-state index in [1.165, 1.54) is 46.2 Å². The number of allylic oxidation sites excluding steroid dienone is 4. The van der Waals surface area contributed by atoms with Gasteiger partial charge in [-0.1, -0.05) is 71.8 Å². The molecule has 2 aromatic rings. The molecular formula is C21H22. The molecule has 0 spiro atoms. The summed E-state index contributed by atoms with van der Waals surface area (Å²) in [7, 11) is 0. The molecule has 2 aromatic carbocycles. The Bertz CT molecular complexity index is 640. The molecule has 0 N–H and O–H groups in total. The minimum Gasteiger partial charge on any atom is -0.0730 e. The van der Waals surface area contributed by atoms with E-state index < -0.39 is 0 Å². The molecule has 0 heteroatoms. The lowest BCUT2D eigenvalue weighted by atomic mass is 10.0. The Kier molecular flexibility index (Phi) is 4.06. The third-order valence-corrected chi connectivity index (χ3v) is 4.27. The van der Waals surface area contributed by atoms with Gasteiger partial charge in [-0.05, 0) is 55.4 Å². The summed E-state index contributed by atoms with van der Waals surface area (Å²) in [5, 5.41) is 0. The molecule has 0 aromatic heterocycles. The van der Waals surface area contributed by atoms with Gasteiger partial charge < -0.3 is 0 Å². The van der Waals surface area contributed by atoms with Crippen molar-refractivity contribution >= 4 is 0 Å². The van der Waals surface area contributed by atoms with Gasteiger partial charge in [-0.2, -0.15) is 0 Å². The summed E-state index contributed by atoms with van der Waals surface area (Å²) in [5.41, 5.74) is 8.77. The zero-order chi connectivity index (χ0) is 14.7. The van der Waals surface area contributed by atoms with Crippen LogP contribution in [0.25, 0.3) is 11.1 Å². The van der Waals surface area contributed by atoms with Crippen molar-refractivity contribution in [2.75, 3.05) is 0 Å². The van der Waals surface area contributed by atoms with Crippen LogP contribution in [0.15, 0.2) is 71.8 Å². The Hall–Kier alpha value is -2.08. The lowest BCUT2D eigenvalue weighted by molar-refractivity contribution is 0.906. The van der Waals surface area contributed by atoms with Gasteiger partial charge in [-0.15, -0.1) is 0 Å². The van der Waals surface area contributed by atoms with Crippen LogP contribution in [0, 0.1) is 0 Å². The molecule has 0 nitrogen and oxygen atoms in total. The van der Waals surface area contributed by atoms with Crippen LogP contribution in [0.1, 0.15) is 37.8 Å². The fourth-order valence-electron chi connectivity index (χ4n) is 2.93. The van der Waals surface area contributed by atoms with Crippen molar-refractivity contribution in [3.63, 3.8) is 0 Å². The molecule has 2 aliphatic rings. The molecule has 2 aliphatic carbocycles. The van der Waals surface area contributed by atoms with Gasteiger partial charge in [-0.25, -0.2) is 0 Å². The molecule has 0 saturated carbocycles. The third kappa shape index (κ3) is 3.16. The predicted octanol–water partition coefficient (Wildman–Crippen LogP) is 5.93. The highest BCUT2D eigenvalue weighted by molar-refractivity contribution is 5.76. The standard InChI is InChI=1S/C13H10.C8H12/c1-3-7-12-10(5-1)9-11-6-2-4-8-13(11)12;1-7-3-5-8(2)6-4-7/h1-8H,9H2;3,5H,4,6H2,1-2H3. The first kappa shape index (κ1) is 13.9. The SMILES string of the molecule is CC1=CC=C(C)CC1.c1ccc2c(c1)Cc1ccccc1-2. The van der Waals surface area contributed by atoms with E-state index in [0.29, 0.717) is 0 Å². The topological polar surface area (TPSA) is 0 Å². The molecule has 0 radical (unpaired) electrons. The Balaban J connectivity index is 0.000000143. The van der Waals surface area contributed by atoms with E-state index >= 15 is 0 Å². The van der Waals surface area contributed by atoms with E-state index in [1.54, 1.807) is 0 Å². The number of hydrogen-bond acceptors (Lipinski definition) is 0. The van der Waals surface area contributed by atoms with Gasteiger partial charge in [0.2, 0.25) is 0 Å². The Morgan fingerprint density at radius 3 is 1.48 bits per heavy atom. The van der Waals surface area contributed by atoms with E-state index in [4.69, 9.17) is 0 Å². The molecule has 0 atom stereocenters. The largest absolute Gasteiger partial charge is 0.0730 e. The molecule has 106 valence electrons. The van der Waals surface area contributed by atoms with Crippen LogP contribution in [-0.4, -0.2) is 0 Å². The van der Waals surface area contributed by atoms with Gasteiger partial charge in [0, 0.05) is 0 Å². The first-order valence-corrected chi connectivity index (χ1v) is 7.73. The quantitative estimate of drug-likeness (QED) is 0.476. The molecule has 0 unspecified atom stereocenters. The summed E-state index contributed by atoms with van der Waals surface area (Å²) in [4.78, 5) is 0. The summed E-state index contributed by atoms with van der Waals surface area (Å²) in [6, 6.07) is 17.3. The highest BCUT2D eigenvalue weighted by Crippen LogP contribution is 2.35. The number of hydrogen-bond donors (Lipinski definition) is 0. The smallest absolute Gasteiger partial charge is 0.00135 e. The summed E-state index contributed by atoms with van der Waals surface area (Å²) in [6.07, 6.45) is 8.05. The van der Waals surface area contributed by atoms with Crippen LogP contribution in [0.5, 0.6) is 0 Å². The van der Waals surface area contributed by atoms with E-state index in [9.17, 15) is 0 Å². The van der Waals surface area contributed by atoms with Crippen LogP contribution >= 0.6 is 0 Å². The van der Waals surface area contributed by atoms with Crippen molar-refractivity contribution in [2.24, 2.45) is 0 Å². The van der Waals surface area contributed by atoms with Crippen LogP contribution in [-0.2, 0) is 6.42 Å². The van der Waals surface area contributed by atoms with Gasteiger partial charge in [0.1, 0.15) is 0 Å². The van der Waals surface area contributed by atoms with Crippen molar-refractivity contribution in [3.05, 3.63) is 83.0 Å². The van der Waals surface area contributed by atoms with Crippen molar-refractivity contribution in [2.45, 2.75) is 33.1 Å². The zero-order valence-corrected chi connectivity index (χ0v) is 12.9. The number of rotatable bonds is 0. The molecule has 0 amide bonds. The summed E-state index contributed by atoms with van der Waals surface area (Å²) in [5.74, 6) is 0. The minimum absolute atomic E-state index is 1.10. The maximum Gasteiger partial charge on any atom is -0.00135 e. The molecule has 0 aliphatic heterocycles. The number of benzene rings is 2. The second-order valence-corrected chi connectivity index (χ2v) is 6.02. The normalized spacial score (nSPS) is 15.1. The van der Waals surface area contributed by atoms with Crippen molar-refractivity contribution in [1.82, 2.24) is 0 Å². The molecule has 0 saturated heterocycles. The molecular weight excluding hydrogens is 252 g/mol. The minimum atomic E-state index is 1.10. The lowest BCUT2D eigenvalue weighted by Crippen LogP contribution is -1.85. The maximum absolute atomic E-state index is 2.22. The third-order valence-electron chi connectivity index (χ3n) is 4.27. The van der Waals surface area contributed by atoms with Crippen molar-refractivity contribution in [3.8, 4) is 11.1 Å². The van der Waals surface area contributed by atoms with E-state index in [-0.39, 0.29) is 0 Å². The molecule has 21 heavy (non-hydrogen) atoms. The Morgan fingerprint density at radius 2 is 1.05 bits per heavy atom. The average Bonchev–Trinajstić information content (AvgIpc) is 2.90. The zero-order valence-electron chi connectivity index (χ0n) is 12.9. The van der Waals surface area contributed by atoms with E-state index in [2.05, 4.69) is 74.5 Å². The monoisotopic (exact) mass is 274 g/mol. The highest BCUT2D eigenvalue weighted by atomic mass is 14.2. The molecule has 0 heterocycles. The summed E-state index contributed by atoms with van der Waals surface area (Å²) in [6.45, 7) is 4.37. The fourth-order valence-corrected chi connectivity index (χ4v) is 2.93. The van der Waals surface area contributed by atoms with Crippen molar-refractivity contribution < 1.29 is 0 Å². The Morgan fingerprint density at radius 1 is 0.619 bits per heavy atom. The van der Waals surface area contributed by atoms with Gasteiger partial charge in [0.15, 0.2) is 0 Å². The van der Waals surface area contributed by atoms with Gasteiger partial charge >= 0.3 is 0 Å². The summed E-state index contributed by atoms with van der Waals surface area (Å²) < 4.78 is 0. The van der Waals surface area contributed by atoms with Gasteiger partial charge in [0.05, 0.1) is 0 Å². The summed E-state index contributed by atoms with van der Waals surface area (Å²) >= 11 is 0. The van der Waals surface area contributed by atoms with Gasteiger partial charge in [0.25, 0.3) is 0 Å². The fraction of sp³-hybridized carbons (Fsp3) is 0.238. The predicted molar refractivity (Wildman–Crippen MR) is 91.4 cm³/mol. The van der Waals surface area contributed by atoms with Crippen molar-refractivity contribution in [1.29, 1.82) is 0 Å². The Labute approximate surface area is 127 Å². The molecule has 4 rings (SSSR count). The first-order valence-electron chi connectivity index (χ1n) is 7.73. The maximum atomic E-state index is 2.22. The molecule has 0 bridgehead atoms. The second kappa shape index (κ2) is 6.13. The van der Waals surface area contributed by atoms with Gasteiger partial charge in [-0.3, -0.25) is 0 Å².